The van der Waals surface area contributed by atoms with E-state index < -0.39 is 34.5 Å². The van der Waals surface area contributed by atoms with Gasteiger partial charge in [-0.1, -0.05) is 34.8 Å². The largest absolute Gasteiger partial charge is 0.408 e. The Morgan fingerprint density at radius 3 is 2.19 bits per heavy atom. The highest BCUT2D eigenvalue weighted by Crippen LogP contribution is 2.37. The van der Waals surface area contributed by atoms with Crippen molar-refractivity contribution in [2.24, 2.45) is 0 Å². The van der Waals surface area contributed by atoms with Gasteiger partial charge in [-0.3, -0.25) is 4.79 Å². The fourth-order valence-corrected chi connectivity index (χ4v) is 4.17. The summed E-state index contributed by atoms with van der Waals surface area (Å²) in [7, 11) is 34.2. The van der Waals surface area contributed by atoms with Crippen LogP contribution in [0.25, 0.3) is 11.1 Å². The van der Waals surface area contributed by atoms with Crippen LogP contribution >= 0.6 is 34.8 Å². The zero-order valence-corrected chi connectivity index (χ0v) is 21.4. The third-order valence-electron chi connectivity index (χ3n) is 5.51. The first-order valence-electron chi connectivity index (χ1n) is 10.5. The number of aromatic amines is 1. The zero-order valence-electron chi connectivity index (χ0n) is 19.2. The second kappa shape index (κ2) is 11.1. The number of nitrogens with zero attached hydrogens (tertiary/aromatic N) is 1. The molecule has 0 saturated heterocycles. The lowest BCUT2D eigenvalue weighted by molar-refractivity contribution is 0.0911. The Balaban J connectivity index is 1.87. The maximum Gasteiger partial charge on any atom is 0.268 e. The van der Waals surface area contributed by atoms with E-state index in [1.165, 1.54) is 30.6 Å². The van der Waals surface area contributed by atoms with Crippen molar-refractivity contribution in [1.29, 1.82) is 0 Å². The lowest BCUT2D eigenvalue weighted by Crippen LogP contribution is -2.68. The number of benzene rings is 1. The smallest absolute Gasteiger partial charge is 0.268 e. The summed E-state index contributed by atoms with van der Waals surface area (Å²) in [5.41, 5.74) is -0.797. The molecule has 7 nitrogen and oxygen atoms in total. The Labute approximate surface area is 237 Å². The number of aromatic nitrogens is 2. The molecule has 3 rings (SSSR count). The van der Waals surface area contributed by atoms with Gasteiger partial charge in [0.15, 0.2) is 0 Å². The summed E-state index contributed by atoms with van der Waals surface area (Å²) < 4.78 is 0. The van der Waals surface area contributed by atoms with Crippen LogP contribution in [0.5, 0.6) is 0 Å². The topological polar surface area (TPSA) is 110 Å². The molecule has 5 N–H and O–H groups in total. The van der Waals surface area contributed by atoms with Crippen LogP contribution in [0.1, 0.15) is 22.1 Å². The Bertz CT molecular complexity index is 1270. The molecular weight excluding hydrogens is 527 g/mol. The molecule has 1 amide bonds. The number of hydrogen-bond donors (Lipinski definition) is 5. The van der Waals surface area contributed by atoms with Gasteiger partial charge in [0.2, 0.25) is 0 Å². The van der Waals surface area contributed by atoms with Gasteiger partial charge in [-0.15, -0.1) is 5.11 Å². The number of carbonyl (C=O) groups excluding carboxylic acids is 1. The van der Waals surface area contributed by atoms with Crippen LogP contribution in [-0.2, 0) is 0 Å². The Morgan fingerprint density at radius 1 is 1.03 bits per heavy atom. The summed E-state index contributed by atoms with van der Waals surface area (Å²) in [6, 6.07) is 6.86. The average Bonchev–Trinajstić information content (AvgIpc) is 3.26. The predicted octanol–water partition coefficient (Wildman–Crippen LogP) is 1.34. The van der Waals surface area contributed by atoms with E-state index in [0.29, 0.717) is 26.7 Å². The SMILES string of the molecule is [B]C([B])([B])C([B])(Nc1cc(-c2c[nH]c(C(=O)N[C@H](CO)c3cc(Cl)cc(Cl)c3)c2)c(Cl)cn1)C([B])([B])O. The van der Waals surface area contributed by atoms with E-state index >= 15 is 0 Å². The second-order valence-corrected chi connectivity index (χ2v) is 9.73. The number of anilines is 1. The zero-order chi connectivity index (χ0) is 27.8. The summed E-state index contributed by atoms with van der Waals surface area (Å²) >= 11 is 18.4. The van der Waals surface area contributed by atoms with Crippen molar-refractivity contribution in [1.82, 2.24) is 15.3 Å². The first-order valence-corrected chi connectivity index (χ1v) is 11.6. The molecule has 176 valence electrons. The number of amides is 1. The third-order valence-corrected chi connectivity index (χ3v) is 6.25. The highest BCUT2D eigenvalue weighted by atomic mass is 35.5. The Morgan fingerprint density at radius 2 is 1.65 bits per heavy atom. The molecule has 0 aliphatic carbocycles. The number of aliphatic hydroxyl groups is 2. The van der Waals surface area contributed by atoms with Crippen LogP contribution in [-0.4, -0.2) is 90.6 Å². The fraction of sp³-hybridized carbons (Fsp3) is 0.238. The van der Waals surface area contributed by atoms with Gasteiger partial charge in [0, 0.05) is 33.6 Å². The van der Waals surface area contributed by atoms with Gasteiger partial charge in [-0.25, -0.2) is 4.98 Å². The molecule has 1 aromatic carbocycles. The van der Waals surface area contributed by atoms with Crippen LogP contribution in [0.4, 0.5) is 5.82 Å². The average molecular weight is 543 g/mol. The van der Waals surface area contributed by atoms with Crippen LogP contribution in [0.3, 0.4) is 0 Å². The normalized spacial score (nSPS) is 14.5. The van der Waals surface area contributed by atoms with Gasteiger partial charge in [0.25, 0.3) is 5.91 Å². The molecule has 2 heterocycles. The minimum absolute atomic E-state index is 0.00679. The summed E-state index contributed by atoms with van der Waals surface area (Å²) in [5.74, 6) is -0.520. The van der Waals surface area contributed by atoms with Crippen LogP contribution in [0.2, 0.25) is 20.2 Å². The number of nitrogens with one attached hydrogen (secondary N) is 3. The van der Waals surface area contributed by atoms with Gasteiger partial charge < -0.3 is 25.8 Å². The molecule has 0 bridgehead atoms. The number of halogens is 3. The molecular formula is C21H15B6Cl3N4O3. The van der Waals surface area contributed by atoms with Crippen molar-refractivity contribution >= 4 is 93.6 Å². The molecule has 0 aliphatic heterocycles. The van der Waals surface area contributed by atoms with Crippen molar-refractivity contribution < 1.29 is 15.0 Å². The lowest BCUT2D eigenvalue weighted by Gasteiger charge is -2.54. The van der Waals surface area contributed by atoms with Crippen molar-refractivity contribution in [2.45, 2.75) is 22.0 Å². The maximum atomic E-state index is 12.9. The maximum absolute atomic E-state index is 12.9. The van der Waals surface area contributed by atoms with Crippen molar-refractivity contribution in [3.8, 4) is 11.1 Å². The number of pyridine rings is 1. The van der Waals surface area contributed by atoms with Crippen LogP contribution in [0, 0.1) is 0 Å². The lowest BCUT2D eigenvalue weighted by atomic mass is 9.24. The minimum atomic E-state index is -2.66. The molecule has 1 unspecified atom stereocenters. The van der Waals surface area contributed by atoms with Crippen LogP contribution < -0.4 is 10.6 Å². The highest BCUT2D eigenvalue weighted by molar-refractivity contribution is 6.65. The number of aliphatic hydroxyl groups excluding tert-OH is 1. The van der Waals surface area contributed by atoms with Gasteiger partial charge >= 0.3 is 0 Å². The fourth-order valence-electron chi connectivity index (χ4n) is 3.41. The Hall–Kier alpha value is -1.90. The number of rotatable bonds is 9. The molecule has 0 fully saturated rings. The van der Waals surface area contributed by atoms with E-state index in [0.717, 1.165) is 0 Å². The van der Waals surface area contributed by atoms with Crippen molar-refractivity contribution in [3.63, 3.8) is 0 Å². The minimum Gasteiger partial charge on any atom is -0.408 e. The van der Waals surface area contributed by atoms with E-state index in [9.17, 15) is 15.0 Å². The molecule has 2 atom stereocenters. The van der Waals surface area contributed by atoms with Crippen molar-refractivity contribution in [2.75, 3.05) is 11.9 Å². The summed E-state index contributed by atoms with van der Waals surface area (Å²) in [6.07, 6.45) is 2.79. The van der Waals surface area contributed by atoms with Gasteiger partial charge in [-0.2, -0.15) is 0 Å². The van der Waals surface area contributed by atoms with Gasteiger partial charge in [0.1, 0.15) is 35.1 Å². The summed E-state index contributed by atoms with van der Waals surface area (Å²) in [4.78, 5) is 19.8. The number of H-pyrrole nitrogens is 1. The van der Waals surface area contributed by atoms with Crippen LogP contribution in [0.15, 0.2) is 42.7 Å². The van der Waals surface area contributed by atoms with E-state index in [1.807, 2.05) is 0 Å². The molecule has 3 aromatic rings. The van der Waals surface area contributed by atoms with Crippen molar-refractivity contribution in [3.05, 3.63) is 69.1 Å². The van der Waals surface area contributed by atoms with Gasteiger partial charge in [-0.05, 0) is 46.7 Å². The highest BCUT2D eigenvalue weighted by Gasteiger charge is 2.45. The molecule has 0 aliphatic rings. The number of hydrogen-bond acceptors (Lipinski definition) is 5. The molecule has 0 saturated carbocycles. The second-order valence-electron chi connectivity index (χ2n) is 8.45. The first-order chi connectivity index (χ1) is 17.1. The summed E-state index contributed by atoms with van der Waals surface area (Å²) in [5, 5.41) is 21.2. The molecule has 16 heteroatoms. The third kappa shape index (κ3) is 6.58. The Kier molecular flexibility index (Phi) is 8.87. The van der Waals surface area contributed by atoms with E-state index in [4.69, 9.17) is 81.9 Å². The van der Waals surface area contributed by atoms with E-state index in [1.54, 1.807) is 12.1 Å². The van der Waals surface area contributed by atoms with E-state index in [2.05, 4.69) is 20.6 Å². The predicted molar refractivity (Wildman–Crippen MR) is 151 cm³/mol. The van der Waals surface area contributed by atoms with Gasteiger partial charge in [0.05, 0.1) is 41.2 Å². The summed E-state index contributed by atoms with van der Waals surface area (Å²) in [6.45, 7) is -0.401. The molecule has 2 aromatic heterocycles. The quantitative estimate of drug-likeness (QED) is 0.262. The standard InChI is InChI=1S/C21H15B6Cl3N4O3/c22-19(20(23,24)25,21(26,27)37)34-17-5-13(14(30)7-32-17)10-3-15(31-6-10)18(36)33-16(8-35)9-1-11(28)4-12(29)2-9/h1-7,16,31,35,37H,8H2,(H,32,34)(H,33,36)/t16-,19?/m1/s1. The number of carbonyl (C=O) groups is 1. The monoisotopic (exact) mass is 542 g/mol. The molecule has 12 radical (unpaired) electrons. The molecule has 0 spiro atoms. The first kappa shape index (κ1) is 29.7. The molecule has 37 heavy (non-hydrogen) atoms. The van der Waals surface area contributed by atoms with E-state index in [-0.39, 0.29) is 16.5 Å².